The van der Waals surface area contributed by atoms with Crippen LogP contribution in [0.3, 0.4) is 0 Å². The van der Waals surface area contributed by atoms with Crippen molar-refractivity contribution in [2.24, 2.45) is 0 Å². The van der Waals surface area contributed by atoms with Gasteiger partial charge in [0.05, 0.1) is 42.1 Å². The SMILES string of the molecule is COc1cc(S(=O)(=O)Nc2ccccc2F)cc(C(=O)Nc2ccc3[nH]ncc3c2)c1OC. The molecule has 33 heavy (non-hydrogen) atoms. The van der Waals surface area contributed by atoms with Gasteiger partial charge in [-0.1, -0.05) is 12.1 Å². The quantitative estimate of drug-likeness (QED) is 0.378. The molecule has 0 aliphatic carbocycles. The van der Waals surface area contributed by atoms with Crippen molar-refractivity contribution in [1.29, 1.82) is 0 Å². The minimum absolute atomic E-state index is 0.0179. The average molecular weight is 470 g/mol. The second-order valence-electron chi connectivity index (χ2n) is 6.92. The van der Waals surface area contributed by atoms with Gasteiger partial charge < -0.3 is 14.8 Å². The van der Waals surface area contributed by atoms with Crippen LogP contribution < -0.4 is 19.5 Å². The smallest absolute Gasteiger partial charge is 0.262 e. The predicted molar refractivity (Wildman–Crippen MR) is 121 cm³/mol. The number of methoxy groups -OCH3 is 2. The predicted octanol–water partition coefficient (Wildman–Crippen LogP) is 3.77. The van der Waals surface area contributed by atoms with E-state index < -0.39 is 21.7 Å². The summed E-state index contributed by atoms with van der Waals surface area (Å²) in [6.07, 6.45) is 1.61. The highest BCUT2D eigenvalue weighted by molar-refractivity contribution is 7.92. The van der Waals surface area contributed by atoms with Gasteiger partial charge in [0, 0.05) is 17.1 Å². The first kappa shape index (κ1) is 22.1. The Morgan fingerprint density at radius 2 is 1.85 bits per heavy atom. The lowest BCUT2D eigenvalue weighted by molar-refractivity contribution is 0.102. The van der Waals surface area contributed by atoms with E-state index in [1.807, 2.05) is 0 Å². The number of amides is 1. The number of nitrogens with zero attached hydrogens (tertiary/aromatic N) is 1. The second kappa shape index (κ2) is 8.79. The highest BCUT2D eigenvalue weighted by atomic mass is 32.2. The molecule has 9 nitrogen and oxygen atoms in total. The number of halogens is 1. The van der Waals surface area contributed by atoms with Crippen LogP contribution in [-0.2, 0) is 10.0 Å². The van der Waals surface area contributed by atoms with E-state index in [0.717, 1.165) is 23.0 Å². The van der Waals surface area contributed by atoms with Gasteiger partial charge in [-0.3, -0.25) is 14.6 Å². The van der Waals surface area contributed by atoms with Gasteiger partial charge in [0.1, 0.15) is 5.82 Å². The lowest BCUT2D eigenvalue weighted by atomic mass is 10.1. The number of nitrogens with one attached hydrogen (secondary N) is 3. The van der Waals surface area contributed by atoms with Crippen molar-refractivity contribution in [3.8, 4) is 11.5 Å². The zero-order valence-electron chi connectivity index (χ0n) is 17.5. The van der Waals surface area contributed by atoms with Crippen molar-refractivity contribution >= 4 is 38.2 Å². The van der Waals surface area contributed by atoms with Gasteiger partial charge >= 0.3 is 0 Å². The summed E-state index contributed by atoms with van der Waals surface area (Å²) in [7, 11) is -1.62. The van der Waals surface area contributed by atoms with Crippen LogP contribution in [0.5, 0.6) is 11.5 Å². The third kappa shape index (κ3) is 4.44. The molecular formula is C22H19FN4O5S. The molecule has 0 radical (unpaired) electrons. The fourth-order valence-electron chi connectivity index (χ4n) is 3.23. The van der Waals surface area contributed by atoms with Gasteiger partial charge in [-0.15, -0.1) is 0 Å². The average Bonchev–Trinajstić information content (AvgIpc) is 3.27. The Labute approximate surface area is 188 Å². The maximum Gasteiger partial charge on any atom is 0.262 e. The van der Waals surface area contributed by atoms with Crippen LogP contribution in [0.1, 0.15) is 10.4 Å². The number of anilines is 2. The van der Waals surface area contributed by atoms with Crippen molar-refractivity contribution in [1.82, 2.24) is 10.2 Å². The van der Waals surface area contributed by atoms with E-state index in [9.17, 15) is 17.6 Å². The Morgan fingerprint density at radius 1 is 1.06 bits per heavy atom. The number of benzene rings is 3. The summed E-state index contributed by atoms with van der Waals surface area (Å²) in [6, 6.07) is 12.8. The molecule has 0 saturated heterocycles. The summed E-state index contributed by atoms with van der Waals surface area (Å²) >= 11 is 0. The van der Waals surface area contributed by atoms with Crippen LogP contribution >= 0.6 is 0 Å². The summed E-state index contributed by atoms with van der Waals surface area (Å²) < 4.78 is 52.7. The number of hydrogen-bond donors (Lipinski definition) is 3. The van der Waals surface area contributed by atoms with Gasteiger partial charge in [-0.25, -0.2) is 12.8 Å². The zero-order valence-corrected chi connectivity index (χ0v) is 18.4. The van der Waals surface area contributed by atoms with E-state index in [1.165, 1.54) is 38.5 Å². The molecule has 0 bridgehead atoms. The maximum atomic E-state index is 14.0. The van der Waals surface area contributed by atoms with Crippen LogP contribution in [0.15, 0.2) is 65.7 Å². The van der Waals surface area contributed by atoms with Crippen molar-refractivity contribution < 1.29 is 27.1 Å². The molecule has 0 saturated carbocycles. The molecule has 0 aliphatic rings. The monoisotopic (exact) mass is 470 g/mol. The summed E-state index contributed by atoms with van der Waals surface area (Å²) in [5, 5.41) is 10.2. The minimum atomic E-state index is -4.26. The Kier molecular flexibility index (Phi) is 5.88. The highest BCUT2D eigenvalue weighted by Crippen LogP contribution is 2.35. The van der Waals surface area contributed by atoms with E-state index in [1.54, 1.807) is 24.4 Å². The molecule has 1 heterocycles. The minimum Gasteiger partial charge on any atom is -0.493 e. The van der Waals surface area contributed by atoms with Gasteiger partial charge in [0.2, 0.25) is 0 Å². The molecule has 0 fully saturated rings. The van der Waals surface area contributed by atoms with E-state index >= 15 is 0 Å². The Hall–Kier alpha value is -4.12. The summed E-state index contributed by atoms with van der Waals surface area (Å²) in [5.74, 6) is -1.31. The molecule has 0 aliphatic heterocycles. The van der Waals surface area contributed by atoms with Crippen LogP contribution in [-0.4, -0.2) is 38.7 Å². The van der Waals surface area contributed by atoms with Crippen molar-refractivity contribution in [3.05, 3.63) is 72.2 Å². The second-order valence-corrected chi connectivity index (χ2v) is 8.60. The Morgan fingerprint density at radius 3 is 2.58 bits per heavy atom. The van der Waals surface area contributed by atoms with Crippen molar-refractivity contribution in [3.63, 3.8) is 0 Å². The zero-order chi connectivity index (χ0) is 23.6. The Balaban J connectivity index is 1.73. The van der Waals surface area contributed by atoms with Gasteiger partial charge in [0.25, 0.3) is 15.9 Å². The van der Waals surface area contributed by atoms with Crippen LogP contribution in [0.2, 0.25) is 0 Å². The molecule has 11 heteroatoms. The van der Waals surface area contributed by atoms with Crippen LogP contribution in [0.25, 0.3) is 10.9 Å². The molecule has 0 spiro atoms. The van der Waals surface area contributed by atoms with E-state index in [-0.39, 0.29) is 27.6 Å². The van der Waals surface area contributed by atoms with Gasteiger partial charge in [0.15, 0.2) is 11.5 Å². The number of carbonyl (C=O) groups is 1. The van der Waals surface area contributed by atoms with Crippen LogP contribution in [0.4, 0.5) is 15.8 Å². The highest BCUT2D eigenvalue weighted by Gasteiger charge is 2.25. The number of ether oxygens (including phenoxy) is 2. The fraction of sp³-hybridized carbons (Fsp3) is 0.0909. The lowest BCUT2D eigenvalue weighted by Crippen LogP contribution is -2.18. The van der Waals surface area contributed by atoms with Crippen molar-refractivity contribution in [2.45, 2.75) is 4.90 Å². The largest absolute Gasteiger partial charge is 0.493 e. The molecule has 4 rings (SSSR count). The molecule has 1 amide bonds. The number of H-pyrrole nitrogens is 1. The number of carbonyl (C=O) groups excluding carboxylic acids is 1. The van der Waals surface area contributed by atoms with Gasteiger partial charge in [-0.05, 0) is 36.4 Å². The molecule has 3 aromatic carbocycles. The maximum absolute atomic E-state index is 14.0. The number of hydrogen-bond acceptors (Lipinski definition) is 6. The Bertz CT molecular complexity index is 1450. The van der Waals surface area contributed by atoms with Gasteiger partial charge in [-0.2, -0.15) is 5.10 Å². The van der Waals surface area contributed by atoms with Crippen LogP contribution in [0, 0.1) is 5.82 Å². The number of fused-ring (bicyclic) bond motifs is 1. The van der Waals surface area contributed by atoms with E-state index in [0.29, 0.717) is 5.69 Å². The number of aromatic nitrogens is 2. The van der Waals surface area contributed by atoms with Crippen molar-refractivity contribution in [2.75, 3.05) is 24.3 Å². The first-order valence-electron chi connectivity index (χ1n) is 9.60. The standard InChI is InChI=1S/C22H19FN4O5S/c1-31-20-11-15(33(29,30)27-19-6-4-3-5-17(19)23)10-16(21(20)32-2)22(28)25-14-7-8-18-13(9-14)12-24-26-18/h3-12,27H,1-2H3,(H,24,26)(H,25,28). The third-order valence-electron chi connectivity index (χ3n) is 4.82. The summed E-state index contributed by atoms with van der Waals surface area (Å²) in [5.41, 5.74) is 0.942. The summed E-state index contributed by atoms with van der Waals surface area (Å²) in [4.78, 5) is 12.8. The number of sulfonamides is 1. The normalized spacial score (nSPS) is 11.2. The molecule has 3 N–H and O–H groups in total. The molecular weight excluding hydrogens is 451 g/mol. The molecule has 0 unspecified atom stereocenters. The first-order valence-corrected chi connectivity index (χ1v) is 11.1. The number of aromatic amines is 1. The fourth-order valence-corrected chi connectivity index (χ4v) is 4.34. The topological polar surface area (TPSA) is 122 Å². The molecule has 4 aromatic rings. The number of para-hydroxylation sites is 1. The summed E-state index contributed by atoms with van der Waals surface area (Å²) in [6.45, 7) is 0. The third-order valence-corrected chi connectivity index (χ3v) is 6.17. The molecule has 170 valence electrons. The molecule has 1 aromatic heterocycles. The first-order chi connectivity index (χ1) is 15.8. The van der Waals surface area contributed by atoms with E-state index in [2.05, 4.69) is 20.2 Å². The molecule has 0 atom stereocenters. The number of rotatable bonds is 7. The van der Waals surface area contributed by atoms with E-state index in [4.69, 9.17) is 9.47 Å². The lowest BCUT2D eigenvalue weighted by Gasteiger charge is -2.16.